The molecule has 0 aliphatic rings. The fraction of sp³-hybridized carbons (Fsp3) is 0. The first-order valence-corrected chi connectivity index (χ1v) is 51.6. The Morgan fingerprint density at radius 3 is 0.607 bits per heavy atom. The number of hydrogen-bond acceptors (Lipinski definition) is 0. The average molecular weight is 1910 g/mol. The van der Waals surface area contributed by atoms with Crippen LogP contribution in [0.5, 0.6) is 0 Å². The zero-order chi connectivity index (χ0) is 99.1. The number of nitrogens with zero attached hydrogens (tertiary/aromatic N) is 6. The highest BCUT2D eigenvalue weighted by molar-refractivity contribution is 6.19. The van der Waals surface area contributed by atoms with Gasteiger partial charge >= 0.3 is 0 Å². The molecule has 0 saturated heterocycles. The fourth-order valence-electron chi connectivity index (χ4n) is 23.7. The molecule has 6 heterocycles. The molecule has 6 aromatic heterocycles. The molecule has 0 spiro atoms. The van der Waals surface area contributed by atoms with Crippen LogP contribution < -0.4 is 0 Å². The monoisotopic (exact) mass is 1910 g/mol. The van der Waals surface area contributed by atoms with E-state index in [1.54, 1.807) is 0 Å². The highest BCUT2D eigenvalue weighted by Crippen LogP contribution is 2.49. The normalized spacial score (nSPS) is 11.6. The summed E-state index contributed by atoms with van der Waals surface area (Å²) in [4.78, 5) is 0. The maximum Gasteiger partial charge on any atom is 0.0619 e. The van der Waals surface area contributed by atoms with Crippen molar-refractivity contribution < 1.29 is 0 Å². The Bertz CT molecular complexity index is 10100. The number of hydrogen-bond donors (Lipinski definition) is 0. The van der Waals surface area contributed by atoms with Crippen LogP contribution in [-0.2, 0) is 0 Å². The first-order chi connectivity index (χ1) is 74.5. The lowest BCUT2D eigenvalue weighted by atomic mass is 9.94. The van der Waals surface area contributed by atoms with E-state index >= 15 is 0 Å². The lowest BCUT2D eigenvalue weighted by Crippen LogP contribution is -2.01. The maximum atomic E-state index is 2.52. The van der Waals surface area contributed by atoms with E-state index < -0.39 is 0 Å². The van der Waals surface area contributed by atoms with Crippen LogP contribution in [0.15, 0.2) is 582 Å². The first kappa shape index (κ1) is 87.8. The van der Waals surface area contributed by atoms with Crippen LogP contribution in [0.1, 0.15) is 0 Å². The van der Waals surface area contributed by atoms with Crippen molar-refractivity contribution in [3.05, 3.63) is 582 Å². The minimum Gasteiger partial charge on any atom is -0.309 e. The predicted octanol–water partition coefficient (Wildman–Crippen LogP) is 38.6. The minimum absolute atomic E-state index is 1.14. The fourth-order valence-corrected chi connectivity index (χ4v) is 23.7. The van der Waals surface area contributed by atoms with Gasteiger partial charge in [0, 0.05) is 121 Å². The molecule has 0 fully saturated rings. The molecule has 0 atom stereocenters. The van der Waals surface area contributed by atoms with Crippen LogP contribution in [0.25, 0.3) is 265 Å². The number of benzene rings is 24. The Labute approximate surface area is 868 Å². The second kappa shape index (κ2) is 37.4. The highest BCUT2D eigenvalue weighted by Gasteiger charge is 2.27. The molecule has 0 amide bonds. The van der Waals surface area contributed by atoms with Crippen molar-refractivity contribution in [2.45, 2.75) is 0 Å². The number of aromatic nitrogens is 6. The molecule has 0 unspecified atom stereocenters. The van der Waals surface area contributed by atoms with E-state index in [2.05, 4.69) is 610 Å². The molecular weight excluding hydrogens is 1810 g/mol. The second-order valence-corrected chi connectivity index (χ2v) is 38.8. The lowest BCUT2D eigenvalue weighted by molar-refractivity contribution is 1.18. The van der Waals surface area contributed by atoms with Gasteiger partial charge in [-0.2, -0.15) is 0 Å². The summed E-state index contributed by atoms with van der Waals surface area (Å²) < 4.78 is 14.6. The summed E-state index contributed by atoms with van der Waals surface area (Å²) >= 11 is 0. The molecule has 0 radical (unpaired) electrons. The van der Waals surface area contributed by atoms with Crippen molar-refractivity contribution in [3.63, 3.8) is 0 Å². The molecule has 0 saturated carbocycles. The maximum absolute atomic E-state index is 2.52. The van der Waals surface area contributed by atoms with Gasteiger partial charge in [-0.3, -0.25) is 0 Å². The molecule has 0 aliphatic heterocycles. The van der Waals surface area contributed by atoms with Gasteiger partial charge in [-0.05, 0) is 194 Å². The van der Waals surface area contributed by atoms with Gasteiger partial charge in [0.05, 0.1) is 71.9 Å². The van der Waals surface area contributed by atoms with Crippen LogP contribution in [0, 0.1) is 0 Å². The molecule has 702 valence electrons. The van der Waals surface area contributed by atoms with E-state index in [-0.39, 0.29) is 0 Å². The molecule has 6 nitrogen and oxygen atoms in total. The van der Waals surface area contributed by atoms with Crippen LogP contribution in [0.4, 0.5) is 0 Å². The molecule has 150 heavy (non-hydrogen) atoms. The molecular formula is C144H96N6. The van der Waals surface area contributed by atoms with Crippen molar-refractivity contribution in [1.82, 2.24) is 27.4 Å². The highest BCUT2D eigenvalue weighted by atomic mass is 15.0. The SMILES string of the molecule is c1ccc(-c2cc(-c3ccccc3)cc(-n3c4ccccc4c4cccc(-c5ccc(-n6c7ccccc7c7ccccc76)cc5)c43)c2)cc1.c1ccc(-c2ccc(-n3c4ccccc4c4cccc(-c5ccc(-n6c7ccccc7c7ccccc76)cc5)c43)cc2-c2ccccc2)cc1.c1ccc(-c2cccc(-c3ccccc3)c2-n2c3ccccc3c3cccc(-c4ccc(-n5c6ccccc6c6ccccc65)cc4)c32)cc1. The Kier molecular flexibility index (Phi) is 21.9. The lowest BCUT2D eigenvalue weighted by Gasteiger charge is -2.20. The van der Waals surface area contributed by atoms with Crippen LogP contribution in [-0.4, -0.2) is 27.4 Å². The van der Waals surface area contributed by atoms with Gasteiger partial charge in [-0.15, -0.1) is 0 Å². The van der Waals surface area contributed by atoms with E-state index in [9.17, 15) is 0 Å². The first-order valence-electron chi connectivity index (χ1n) is 51.6. The van der Waals surface area contributed by atoms with Crippen molar-refractivity contribution in [2.24, 2.45) is 0 Å². The van der Waals surface area contributed by atoms with Crippen molar-refractivity contribution in [2.75, 3.05) is 0 Å². The van der Waals surface area contributed by atoms with E-state index in [1.165, 1.54) is 237 Å². The standard InChI is InChI=1S/3C48H32N2/c1-3-15-33(16-4-1)37-22-13-23-38(34-17-5-2-6-18-34)47(37)50-46-28-12-9-21-42(46)43-25-14-24-39(48(43)50)35-29-31-36(32-30-35)49-44-26-10-7-19-40(44)41-20-8-11-27-45(41)49;1-3-14-33(15-4-1)36-30-37(34-16-5-2-6-17-34)32-39(31-36)50-47-25-12-9-20-43(47)44-22-13-21-40(48(44)50)35-26-28-38(29-27-35)49-45-23-10-7-18-41(45)42-19-8-11-24-46(42)49;1-3-14-33(15-4-1)38-31-30-37(32-44(38)34-16-5-2-6-17-34)50-47-25-12-9-20-42(47)43-22-13-21-39(48(43)50)35-26-28-36(29-27-35)49-45-23-10-7-18-40(45)41-19-8-11-24-46(41)49/h3*1-32H. The van der Waals surface area contributed by atoms with E-state index in [0.29, 0.717) is 0 Å². The topological polar surface area (TPSA) is 29.6 Å². The molecule has 0 N–H and O–H groups in total. The third-order valence-electron chi connectivity index (χ3n) is 30.4. The summed E-state index contributed by atoms with van der Waals surface area (Å²) in [6, 6.07) is 211. The average Bonchev–Trinajstić information content (AvgIpc) is 1.44. The zero-order valence-corrected chi connectivity index (χ0v) is 82.1. The summed E-state index contributed by atoms with van der Waals surface area (Å²) in [5, 5.41) is 15.1. The summed E-state index contributed by atoms with van der Waals surface area (Å²) in [6.45, 7) is 0. The Morgan fingerprint density at radius 1 is 0.0933 bits per heavy atom. The van der Waals surface area contributed by atoms with Gasteiger partial charge in [0.15, 0.2) is 0 Å². The minimum atomic E-state index is 1.14. The van der Waals surface area contributed by atoms with Crippen LogP contribution in [0.3, 0.4) is 0 Å². The molecule has 0 bridgehead atoms. The number of para-hydroxylation sites is 13. The molecule has 24 aromatic carbocycles. The van der Waals surface area contributed by atoms with E-state index in [0.717, 1.165) is 28.4 Å². The predicted molar refractivity (Wildman–Crippen MR) is 634 cm³/mol. The van der Waals surface area contributed by atoms with Gasteiger partial charge in [0.25, 0.3) is 0 Å². The summed E-state index contributed by atoms with van der Waals surface area (Å²) in [7, 11) is 0. The van der Waals surface area contributed by atoms with Crippen molar-refractivity contribution >= 4 is 131 Å². The molecule has 0 aliphatic carbocycles. The van der Waals surface area contributed by atoms with Gasteiger partial charge in [-0.25, -0.2) is 0 Å². The number of fused-ring (bicyclic) bond motifs is 18. The second-order valence-electron chi connectivity index (χ2n) is 38.8. The third kappa shape index (κ3) is 15.1. The summed E-state index contributed by atoms with van der Waals surface area (Å²) in [5.41, 5.74) is 43.1. The zero-order valence-electron chi connectivity index (χ0n) is 82.1. The smallest absolute Gasteiger partial charge is 0.0619 e. The molecule has 30 aromatic rings. The van der Waals surface area contributed by atoms with E-state index in [1.807, 2.05) is 0 Å². The van der Waals surface area contributed by atoms with Crippen molar-refractivity contribution in [1.29, 1.82) is 0 Å². The van der Waals surface area contributed by atoms with Gasteiger partial charge in [0.1, 0.15) is 0 Å². The largest absolute Gasteiger partial charge is 0.309 e. The quantitative estimate of drug-likeness (QED) is 0.0979. The number of rotatable bonds is 15. The van der Waals surface area contributed by atoms with Crippen LogP contribution in [0.2, 0.25) is 0 Å². The molecule has 6 heteroatoms. The third-order valence-corrected chi connectivity index (χ3v) is 30.4. The van der Waals surface area contributed by atoms with Crippen molar-refractivity contribution in [3.8, 4) is 134 Å². The summed E-state index contributed by atoms with van der Waals surface area (Å²) in [6.07, 6.45) is 0. The van der Waals surface area contributed by atoms with Gasteiger partial charge in [0.2, 0.25) is 0 Å². The Morgan fingerprint density at radius 2 is 0.300 bits per heavy atom. The summed E-state index contributed by atoms with van der Waals surface area (Å²) in [5.74, 6) is 0. The van der Waals surface area contributed by atoms with Gasteiger partial charge < -0.3 is 27.4 Å². The Balaban J connectivity index is 0.000000108. The van der Waals surface area contributed by atoms with E-state index in [4.69, 9.17) is 0 Å². The molecule has 30 rings (SSSR count). The Hall–Kier alpha value is -19.9. The van der Waals surface area contributed by atoms with Crippen LogP contribution >= 0.6 is 0 Å². The van der Waals surface area contributed by atoms with Gasteiger partial charge in [-0.1, -0.05) is 461 Å².